The van der Waals surface area contributed by atoms with E-state index < -0.39 is 0 Å². The summed E-state index contributed by atoms with van der Waals surface area (Å²) >= 11 is 0. The highest BCUT2D eigenvalue weighted by molar-refractivity contribution is 6.03. The zero-order valence-electron chi connectivity index (χ0n) is 16.8. The van der Waals surface area contributed by atoms with Crippen molar-refractivity contribution in [2.75, 3.05) is 18.4 Å². The Bertz CT molecular complexity index is 889. The van der Waals surface area contributed by atoms with Gasteiger partial charge >= 0.3 is 0 Å². The lowest BCUT2D eigenvalue weighted by Crippen LogP contribution is -2.36. The Kier molecular flexibility index (Phi) is 5.20. The molecule has 2 amide bonds. The SMILES string of the molecule is Cc1cc(C)cc(NC(=O)c2nc(C(=O)N3CCCCC3)c3n2CCCC3)c1. The van der Waals surface area contributed by atoms with E-state index in [0.717, 1.165) is 74.2 Å². The zero-order valence-corrected chi connectivity index (χ0v) is 16.8. The number of amides is 2. The standard InChI is InChI=1S/C22H28N4O2/c1-15-12-16(2)14-17(13-15)23-21(27)20-24-19(18-8-4-7-11-26(18)20)22(28)25-9-5-3-6-10-25/h12-14H,3-11H2,1-2H3,(H,23,27). The van der Waals surface area contributed by atoms with E-state index >= 15 is 0 Å². The molecule has 0 saturated carbocycles. The minimum atomic E-state index is -0.245. The highest BCUT2D eigenvalue weighted by atomic mass is 16.2. The number of likely N-dealkylation sites (tertiary alicyclic amines) is 1. The van der Waals surface area contributed by atoms with E-state index in [1.807, 2.05) is 35.4 Å². The minimum Gasteiger partial charge on any atom is -0.337 e. The molecule has 28 heavy (non-hydrogen) atoms. The van der Waals surface area contributed by atoms with Crippen molar-refractivity contribution in [1.82, 2.24) is 14.5 Å². The van der Waals surface area contributed by atoms with Gasteiger partial charge in [0, 0.05) is 25.3 Å². The van der Waals surface area contributed by atoms with Crippen molar-refractivity contribution >= 4 is 17.5 Å². The number of nitrogens with one attached hydrogen (secondary N) is 1. The third-order valence-corrected chi connectivity index (χ3v) is 5.65. The van der Waals surface area contributed by atoms with Gasteiger partial charge in [-0.25, -0.2) is 4.98 Å². The summed E-state index contributed by atoms with van der Waals surface area (Å²) in [7, 11) is 0. The second-order valence-electron chi connectivity index (χ2n) is 8.02. The van der Waals surface area contributed by atoms with E-state index in [2.05, 4.69) is 16.4 Å². The molecule has 0 aliphatic carbocycles. The number of carbonyl (C=O) groups is 2. The number of rotatable bonds is 3. The Hall–Kier alpha value is -2.63. The number of hydrogen-bond donors (Lipinski definition) is 1. The van der Waals surface area contributed by atoms with E-state index in [0.29, 0.717) is 11.5 Å². The molecule has 0 unspecified atom stereocenters. The van der Waals surface area contributed by atoms with Crippen LogP contribution in [0.15, 0.2) is 18.2 Å². The molecule has 0 radical (unpaired) electrons. The number of aryl methyl sites for hydroxylation is 2. The molecule has 148 valence electrons. The third-order valence-electron chi connectivity index (χ3n) is 5.65. The Balaban J connectivity index is 1.64. The lowest BCUT2D eigenvalue weighted by molar-refractivity contribution is 0.0717. The van der Waals surface area contributed by atoms with Gasteiger partial charge in [0.15, 0.2) is 5.82 Å². The zero-order chi connectivity index (χ0) is 19.7. The summed E-state index contributed by atoms with van der Waals surface area (Å²) in [4.78, 5) is 32.5. The molecular weight excluding hydrogens is 352 g/mol. The molecule has 2 aromatic rings. The van der Waals surface area contributed by atoms with Crippen LogP contribution < -0.4 is 5.32 Å². The highest BCUT2D eigenvalue weighted by Crippen LogP contribution is 2.24. The van der Waals surface area contributed by atoms with Crippen molar-refractivity contribution in [1.29, 1.82) is 0 Å². The fourth-order valence-electron chi connectivity index (χ4n) is 4.37. The van der Waals surface area contributed by atoms with Crippen LogP contribution in [0.3, 0.4) is 0 Å². The number of fused-ring (bicyclic) bond motifs is 1. The maximum Gasteiger partial charge on any atom is 0.291 e. The first-order chi connectivity index (χ1) is 13.5. The predicted octanol–water partition coefficient (Wildman–Crippen LogP) is 3.71. The lowest BCUT2D eigenvalue weighted by atomic mass is 10.1. The van der Waals surface area contributed by atoms with Crippen LogP contribution >= 0.6 is 0 Å². The molecular formula is C22H28N4O2. The van der Waals surface area contributed by atoms with Gasteiger partial charge in [-0.2, -0.15) is 0 Å². The van der Waals surface area contributed by atoms with Crippen LogP contribution in [0.1, 0.15) is 70.0 Å². The van der Waals surface area contributed by atoms with Crippen LogP contribution in [0.25, 0.3) is 0 Å². The number of anilines is 1. The third kappa shape index (κ3) is 3.68. The summed E-state index contributed by atoms with van der Waals surface area (Å²) in [5, 5.41) is 2.97. The Morgan fingerprint density at radius 3 is 2.32 bits per heavy atom. The van der Waals surface area contributed by atoms with E-state index in [-0.39, 0.29) is 11.8 Å². The summed E-state index contributed by atoms with van der Waals surface area (Å²) in [6.07, 6.45) is 6.10. The Labute approximate surface area is 165 Å². The van der Waals surface area contributed by atoms with Crippen molar-refractivity contribution in [3.63, 3.8) is 0 Å². The molecule has 0 atom stereocenters. The van der Waals surface area contributed by atoms with Crippen molar-refractivity contribution < 1.29 is 9.59 Å². The number of nitrogens with zero attached hydrogens (tertiary/aromatic N) is 3. The van der Waals surface area contributed by atoms with Gasteiger partial charge in [-0.1, -0.05) is 6.07 Å². The van der Waals surface area contributed by atoms with Crippen molar-refractivity contribution in [3.8, 4) is 0 Å². The van der Waals surface area contributed by atoms with Crippen LogP contribution in [0.2, 0.25) is 0 Å². The topological polar surface area (TPSA) is 67.2 Å². The molecule has 6 nitrogen and oxygen atoms in total. The van der Waals surface area contributed by atoms with Gasteiger partial charge in [0.2, 0.25) is 0 Å². The Morgan fingerprint density at radius 1 is 0.929 bits per heavy atom. The average Bonchev–Trinajstić information content (AvgIpc) is 3.07. The molecule has 3 heterocycles. The normalized spacial score (nSPS) is 16.6. The second-order valence-corrected chi connectivity index (χ2v) is 8.02. The smallest absolute Gasteiger partial charge is 0.291 e. The van der Waals surface area contributed by atoms with Crippen LogP contribution in [-0.4, -0.2) is 39.4 Å². The summed E-state index contributed by atoms with van der Waals surface area (Å²) in [6, 6.07) is 5.97. The number of carbonyl (C=O) groups excluding carboxylic acids is 2. The molecule has 0 spiro atoms. The van der Waals surface area contributed by atoms with Crippen LogP contribution in [0, 0.1) is 13.8 Å². The molecule has 4 rings (SSSR count). The van der Waals surface area contributed by atoms with Crippen LogP contribution in [0.5, 0.6) is 0 Å². The van der Waals surface area contributed by atoms with Crippen LogP contribution in [-0.2, 0) is 13.0 Å². The number of benzene rings is 1. The largest absolute Gasteiger partial charge is 0.337 e. The molecule has 1 aromatic carbocycles. The number of aromatic nitrogens is 2. The average molecular weight is 380 g/mol. The minimum absolute atomic E-state index is 0.0178. The summed E-state index contributed by atoms with van der Waals surface area (Å²) < 4.78 is 1.96. The van der Waals surface area contributed by atoms with Crippen LogP contribution in [0.4, 0.5) is 5.69 Å². The molecule has 1 saturated heterocycles. The summed E-state index contributed by atoms with van der Waals surface area (Å²) in [5.74, 6) is 0.0934. The highest BCUT2D eigenvalue weighted by Gasteiger charge is 2.30. The van der Waals surface area contributed by atoms with Gasteiger partial charge < -0.3 is 14.8 Å². The van der Waals surface area contributed by atoms with Gasteiger partial charge in [-0.15, -0.1) is 0 Å². The van der Waals surface area contributed by atoms with Gasteiger partial charge in [-0.05, 0) is 75.6 Å². The lowest BCUT2D eigenvalue weighted by Gasteiger charge is -2.26. The Morgan fingerprint density at radius 2 is 1.61 bits per heavy atom. The van der Waals surface area contributed by atoms with E-state index in [1.54, 1.807) is 0 Å². The molecule has 2 aliphatic heterocycles. The van der Waals surface area contributed by atoms with Crippen molar-refractivity contribution in [2.24, 2.45) is 0 Å². The predicted molar refractivity (Wildman–Crippen MR) is 109 cm³/mol. The molecule has 6 heteroatoms. The van der Waals surface area contributed by atoms with Gasteiger partial charge in [0.05, 0.1) is 5.69 Å². The fraction of sp³-hybridized carbons (Fsp3) is 0.500. The monoisotopic (exact) mass is 380 g/mol. The molecule has 1 N–H and O–H groups in total. The molecule has 1 aromatic heterocycles. The van der Waals surface area contributed by atoms with E-state index in [4.69, 9.17) is 0 Å². The van der Waals surface area contributed by atoms with Crippen molar-refractivity contribution in [3.05, 3.63) is 46.5 Å². The number of piperidine rings is 1. The van der Waals surface area contributed by atoms with Crippen molar-refractivity contribution in [2.45, 2.75) is 58.9 Å². The summed E-state index contributed by atoms with van der Waals surface area (Å²) in [5.41, 5.74) is 4.36. The number of hydrogen-bond acceptors (Lipinski definition) is 3. The van der Waals surface area contributed by atoms with Gasteiger partial charge in [0.25, 0.3) is 11.8 Å². The molecule has 2 aliphatic rings. The fourth-order valence-corrected chi connectivity index (χ4v) is 4.37. The maximum atomic E-state index is 13.1. The second kappa shape index (κ2) is 7.78. The first-order valence-electron chi connectivity index (χ1n) is 10.3. The van der Waals surface area contributed by atoms with Gasteiger partial charge in [0.1, 0.15) is 5.69 Å². The quantitative estimate of drug-likeness (QED) is 0.883. The first-order valence-corrected chi connectivity index (χ1v) is 10.3. The maximum absolute atomic E-state index is 13.1. The molecule has 1 fully saturated rings. The van der Waals surface area contributed by atoms with Gasteiger partial charge in [-0.3, -0.25) is 9.59 Å². The summed E-state index contributed by atoms with van der Waals surface area (Å²) in [6.45, 7) is 6.33. The van der Waals surface area contributed by atoms with E-state index in [1.165, 1.54) is 6.42 Å². The molecule has 0 bridgehead atoms. The number of imidazole rings is 1. The first kappa shape index (κ1) is 18.7. The van der Waals surface area contributed by atoms with E-state index in [9.17, 15) is 9.59 Å².